The van der Waals surface area contributed by atoms with Crippen molar-refractivity contribution in [1.82, 2.24) is 15.1 Å². The summed E-state index contributed by atoms with van der Waals surface area (Å²) >= 11 is 0. The van der Waals surface area contributed by atoms with Crippen LogP contribution in [0.25, 0.3) is 0 Å². The van der Waals surface area contributed by atoms with Crippen molar-refractivity contribution in [2.75, 3.05) is 18.7 Å². The van der Waals surface area contributed by atoms with E-state index in [0.717, 1.165) is 0 Å². The fourth-order valence-corrected chi connectivity index (χ4v) is 2.93. The summed E-state index contributed by atoms with van der Waals surface area (Å²) in [6.45, 7) is 2.52. The number of carbonyl (C=O) groups excluding carboxylic acids is 1. The second-order valence-corrected chi connectivity index (χ2v) is 6.49. The molecule has 2 N–H and O–H groups in total. The van der Waals surface area contributed by atoms with Crippen molar-refractivity contribution in [3.63, 3.8) is 0 Å². The topological polar surface area (TPSA) is 104 Å². The van der Waals surface area contributed by atoms with E-state index < -0.39 is 0 Å². The van der Waals surface area contributed by atoms with Crippen LogP contribution in [0, 0.1) is 0 Å². The second-order valence-electron chi connectivity index (χ2n) is 6.49. The van der Waals surface area contributed by atoms with Crippen LogP contribution < -0.4 is 30.4 Å². The third-order valence-corrected chi connectivity index (χ3v) is 4.41. The molecule has 4 rings (SSSR count). The molecule has 30 heavy (non-hydrogen) atoms. The molecule has 154 valence electrons. The first kappa shape index (κ1) is 19.3. The highest BCUT2D eigenvalue weighted by atomic mass is 16.7. The maximum atomic E-state index is 12.7. The standard InChI is InChI=1S/C21H20N4O5/c1-3-22-20(26)13-5-4-6-14(9-13)24-19-18(11-23-25(2)21(19)27)30-15-7-8-16-17(10-15)29-12-28-16/h4-11,24H,3,12H2,1-2H3,(H,22,26). The highest BCUT2D eigenvalue weighted by molar-refractivity contribution is 5.95. The predicted octanol–water partition coefficient (Wildman–Crippen LogP) is 2.79. The molecule has 3 aromatic rings. The van der Waals surface area contributed by atoms with Gasteiger partial charge in [0, 0.05) is 30.9 Å². The second kappa shape index (κ2) is 8.16. The molecule has 0 saturated heterocycles. The number of amides is 1. The number of aromatic nitrogens is 2. The third-order valence-electron chi connectivity index (χ3n) is 4.41. The molecule has 0 bridgehead atoms. The molecule has 0 spiro atoms. The van der Waals surface area contributed by atoms with Gasteiger partial charge in [-0.05, 0) is 37.3 Å². The maximum Gasteiger partial charge on any atom is 0.294 e. The van der Waals surface area contributed by atoms with Crippen molar-refractivity contribution in [1.29, 1.82) is 0 Å². The molecule has 1 amide bonds. The average Bonchev–Trinajstić information content (AvgIpc) is 3.22. The minimum Gasteiger partial charge on any atom is -0.454 e. The number of nitrogens with one attached hydrogen (secondary N) is 2. The zero-order chi connectivity index (χ0) is 21.1. The number of carbonyl (C=O) groups is 1. The summed E-state index contributed by atoms with van der Waals surface area (Å²) in [5.74, 6) is 1.70. The van der Waals surface area contributed by atoms with Crippen molar-refractivity contribution >= 4 is 17.3 Å². The Morgan fingerprint density at radius 3 is 2.87 bits per heavy atom. The lowest BCUT2D eigenvalue weighted by Crippen LogP contribution is -2.23. The van der Waals surface area contributed by atoms with Crippen LogP contribution in [0.3, 0.4) is 0 Å². The van der Waals surface area contributed by atoms with E-state index >= 15 is 0 Å². The van der Waals surface area contributed by atoms with Crippen molar-refractivity contribution < 1.29 is 19.0 Å². The molecular formula is C21H20N4O5. The first-order valence-electron chi connectivity index (χ1n) is 9.34. The molecule has 2 heterocycles. The van der Waals surface area contributed by atoms with Gasteiger partial charge in [0.05, 0.1) is 6.20 Å². The van der Waals surface area contributed by atoms with Gasteiger partial charge in [-0.15, -0.1) is 0 Å². The summed E-state index contributed by atoms with van der Waals surface area (Å²) in [6, 6.07) is 12.0. The van der Waals surface area contributed by atoms with E-state index in [2.05, 4.69) is 15.7 Å². The first-order chi connectivity index (χ1) is 14.5. The van der Waals surface area contributed by atoms with Crippen LogP contribution in [0.15, 0.2) is 53.5 Å². The van der Waals surface area contributed by atoms with Crippen LogP contribution in [-0.4, -0.2) is 29.0 Å². The highest BCUT2D eigenvalue weighted by Gasteiger charge is 2.17. The van der Waals surface area contributed by atoms with Gasteiger partial charge in [-0.1, -0.05) is 6.07 Å². The SMILES string of the molecule is CCNC(=O)c1cccc(Nc2c(Oc3ccc4c(c3)OCO4)cnn(C)c2=O)c1. The van der Waals surface area contributed by atoms with E-state index in [1.54, 1.807) is 49.5 Å². The number of aryl methyl sites for hydroxylation is 1. The highest BCUT2D eigenvalue weighted by Crippen LogP contribution is 2.37. The number of ether oxygens (including phenoxy) is 3. The molecule has 0 radical (unpaired) electrons. The molecule has 9 nitrogen and oxygen atoms in total. The van der Waals surface area contributed by atoms with Crippen molar-refractivity contribution in [3.8, 4) is 23.0 Å². The van der Waals surface area contributed by atoms with Crippen LogP contribution >= 0.6 is 0 Å². The number of rotatable bonds is 6. The Morgan fingerprint density at radius 1 is 1.20 bits per heavy atom. The third kappa shape index (κ3) is 3.90. The Labute approximate surface area is 172 Å². The predicted molar refractivity (Wildman–Crippen MR) is 110 cm³/mol. The van der Waals surface area contributed by atoms with Crippen LogP contribution in [0.1, 0.15) is 17.3 Å². The number of nitrogens with zero attached hydrogens (tertiary/aromatic N) is 2. The molecule has 1 aromatic heterocycles. The van der Waals surface area contributed by atoms with Crippen LogP contribution in [0.5, 0.6) is 23.0 Å². The Balaban J connectivity index is 1.65. The van der Waals surface area contributed by atoms with Crippen LogP contribution in [0.2, 0.25) is 0 Å². The molecule has 0 atom stereocenters. The quantitative estimate of drug-likeness (QED) is 0.646. The fourth-order valence-electron chi connectivity index (χ4n) is 2.93. The Bertz CT molecular complexity index is 1160. The molecule has 1 aliphatic rings. The van der Waals surface area contributed by atoms with Gasteiger partial charge in [-0.25, -0.2) is 4.68 Å². The summed E-state index contributed by atoms with van der Waals surface area (Å²) in [5, 5.41) is 9.84. The molecule has 0 unspecified atom stereocenters. The van der Waals surface area contributed by atoms with E-state index in [9.17, 15) is 9.59 Å². The van der Waals surface area contributed by atoms with Crippen molar-refractivity contribution in [3.05, 3.63) is 64.6 Å². The fraction of sp³-hybridized carbons (Fsp3) is 0.190. The summed E-state index contributed by atoms with van der Waals surface area (Å²) in [7, 11) is 1.54. The number of anilines is 2. The van der Waals surface area contributed by atoms with Crippen molar-refractivity contribution in [2.24, 2.45) is 7.05 Å². The Hall–Kier alpha value is -4.01. The number of benzene rings is 2. The molecule has 0 aliphatic carbocycles. The van der Waals surface area contributed by atoms with E-state index in [1.165, 1.54) is 10.9 Å². The number of hydrogen-bond donors (Lipinski definition) is 2. The van der Waals surface area contributed by atoms with Gasteiger partial charge in [0.15, 0.2) is 22.9 Å². The lowest BCUT2D eigenvalue weighted by molar-refractivity contribution is 0.0956. The van der Waals surface area contributed by atoms with E-state index in [0.29, 0.717) is 35.0 Å². The number of hydrogen-bond acceptors (Lipinski definition) is 7. The first-order valence-corrected chi connectivity index (χ1v) is 9.34. The Kier molecular flexibility index (Phi) is 5.25. The van der Waals surface area contributed by atoms with Gasteiger partial charge in [0.2, 0.25) is 6.79 Å². The van der Waals surface area contributed by atoms with Gasteiger partial charge in [-0.2, -0.15) is 5.10 Å². The molecule has 9 heteroatoms. The van der Waals surface area contributed by atoms with Gasteiger partial charge >= 0.3 is 0 Å². The van der Waals surface area contributed by atoms with Crippen molar-refractivity contribution in [2.45, 2.75) is 6.92 Å². The molecule has 1 aliphatic heterocycles. The monoisotopic (exact) mass is 408 g/mol. The summed E-state index contributed by atoms with van der Waals surface area (Å²) in [4.78, 5) is 24.8. The summed E-state index contributed by atoms with van der Waals surface area (Å²) in [5.41, 5.74) is 0.860. The van der Waals surface area contributed by atoms with Gasteiger partial charge in [0.1, 0.15) is 5.75 Å². The summed E-state index contributed by atoms with van der Waals surface area (Å²) < 4.78 is 17.8. The number of fused-ring (bicyclic) bond motifs is 1. The van der Waals surface area contributed by atoms with E-state index in [-0.39, 0.29) is 29.7 Å². The minimum absolute atomic E-state index is 0.154. The van der Waals surface area contributed by atoms with Crippen LogP contribution in [-0.2, 0) is 7.05 Å². The lowest BCUT2D eigenvalue weighted by Gasteiger charge is -2.14. The zero-order valence-electron chi connectivity index (χ0n) is 16.5. The Morgan fingerprint density at radius 2 is 2.03 bits per heavy atom. The van der Waals surface area contributed by atoms with Crippen LogP contribution in [0.4, 0.5) is 11.4 Å². The van der Waals surface area contributed by atoms with Gasteiger partial charge < -0.3 is 24.8 Å². The molecule has 2 aromatic carbocycles. The zero-order valence-corrected chi connectivity index (χ0v) is 16.5. The maximum absolute atomic E-state index is 12.7. The average molecular weight is 408 g/mol. The molecular weight excluding hydrogens is 388 g/mol. The smallest absolute Gasteiger partial charge is 0.294 e. The largest absolute Gasteiger partial charge is 0.454 e. The molecule has 0 saturated carbocycles. The van der Waals surface area contributed by atoms with Gasteiger partial charge in [0.25, 0.3) is 11.5 Å². The summed E-state index contributed by atoms with van der Waals surface area (Å²) in [6.07, 6.45) is 1.45. The molecule has 0 fully saturated rings. The lowest BCUT2D eigenvalue weighted by atomic mass is 10.2. The van der Waals surface area contributed by atoms with E-state index in [4.69, 9.17) is 14.2 Å². The van der Waals surface area contributed by atoms with E-state index in [1.807, 2.05) is 6.92 Å². The normalized spacial score (nSPS) is 11.8. The van der Waals surface area contributed by atoms with Gasteiger partial charge in [-0.3, -0.25) is 9.59 Å². The minimum atomic E-state index is -0.378.